The fourth-order valence-corrected chi connectivity index (χ4v) is 2.89. The average molecular weight is 297 g/mol. The van der Waals surface area contributed by atoms with E-state index >= 15 is 0 Å². The van der Waals surface area contributed by atoms with Crippen LogP contribution in [-0.4, -0.2) is 54.9 Å². The van der Waals surface area contributed by atoms with E-state index in [9.17, 15) is 0 Å². The molecule has 17 heavy (non-hydrogen) atoms. The maximum Gasteiger partial charge on any atom is 0.0112 e. The van der Waals surface area contributed by atoms with Crippen LogP contribution in [0.15, 0.2) is 30.3 Å². The van der Waals surface area contributed by atoms with Crippen molar-refractivity contribution in [2.24, 2.45) is 0 Å². The first-order valence-electron chi connectivity index (χ1n) is 6.31. The molecular weight excluding hydrogens is 276 g/mol. The van der Waals surface area contributed by atoms with Crippen molar-refractivity contribution in [3.63, 3.8) is 0 Å². The van der Waals surface area contributed by atoms with Crippen LogP contribution in [-0.2, 0) is 0 Å². The SMILES string of the molecule is CN1CCN(CC(CBr)c2ccccc2)CC1. The third kappa shape index (κ3) is 3.80. The Morgan fingerprint density at radius 2 is 1.76 bits per heavy atom. The quantitative estimate of drug-likeness (QED) is 0.788. The molecule has 2 nitrogen and oxygen atoms in total. The molecule has 1 saturated heterocycles. The lowest BCUT2D eigenvalue weighted by Crippen LogP contribution is -2.45. The van der Waals surface area contributed by atoms with E-state index in [1.807, 2.05) is 0 Å². The summed E-state index contributed by atoms with van der Waals surface area (Å²) >= 11 is 3.65. The summed E-state index contributed by atoms with van der Waals surface area (Å²) in [6.07, 6.45) is 0. The molecule has 0 aromatic heterocycles. The van der Waals surface area contributed by atoms with Crippen LogP contribution < -0.4 is 0 Å². The Labute approximate surface area is 113 Å². The van der Waals surface area contributed by atoms with Gasteiger partial charge in [-0.3, -0.25) is 0 Å². The Kier molecular flexibility index (Phi) is 5.01. The van der Waals surface area contributed by atoms with Crippen LogP contribution in [0.2, 0.25) is 0 Å². The smallest absolute Gasteiger partial charge is 0.0112 e. The van der Waals surface area contributed by atoms with Gasteiger partial charge in [-0.05, 0) is 12.6 Å². The Balaban J connectivity index is 1.92. The third-order valence-electron chi connectivity index (χ3n) is 3.53. The van der Waals surface area contributed by atoms with Gasteiger partial charge in [-0.25, -0.2) is 0 Å². The minimum atomic E-state index is 0.611. The molecule has 1 atom stereocenters. The molecule has 2 rings (SSSR count). The summed E-state index contributed by atoms with van der Waals surface area (Å²) in [7, 11) is 2.20. The van der Waals surface area contributed by atoms with Crippen LogP contribution in [0.1, 0.15) is 11.5 Å². The van der Waals surface area contributed by atoms with Crippen LogP contribution in [0.4, 0.5) is 0 Å². The molecule has 0 aliphatic carbocycles. The van der Waals surface area contributed by atoms with Crippen LogP contribution >= 0.6 is 15.9 Å². The number of hydrogen-bond donors (Lipinski definition) is 0. The number of alkyl halides is 1. The van der Waals surface area contributed by atoms with Crippen molar-refractivity contribution in [2.45, 2.75) is 5.92 Å². The van der Waals surface area contributed by atoms with Crippen molar-refractivity contribution in [1.82, 2.24) is 9.80 Å². The van der Waals surface area contributed by atoms with E-state index in [0.29, 0.717) is 5.92 Å². The summed E-state index contributed by atoms with van der Waals surface area (Å²) in [5.74, 6) is 0.611. The van der Waals surface area contributed by atoms with Crippen LogP contribution in [0.5, 0.6) is 0 Å². The molecule has 0 amide bonds. The van der Waals surface area contributed by atoms with Gasteiger partial charge in [0.15, 0.2) is 0 Å². The summed E-state index contributed by atoms with van der Waals surface area (Å²) in [4.78, 5) is 4.99. The molecule has 1 aromatic rings. The highest BCUT2D eigenvalue weighted by Gasteiger charge is 2.18. The molecular formula is C14H21BrN2. The predicted octanol–water partition coefficient (Wildman–Crippen LogP) is 2.41. The van der Waals surface area contributed by atoms with E-state index in [4.69, 9.17) is 0 Å². The first-order chi connectivity index (χ1) is 8.29. The van der Waals surface area contributed by atoms with Crippen LogP contribution in [0.25, 0.3) is 0 Å². The molecule has 1 fully saturated rings. The van der Waals surface area contributed by atoms with Crippen molar-refractivity contribution >= 4 is 15.9 Å². The van der Waals surface area contributed by atoms with Gasteiger partial charge >= 0.3 is 0 Å². The summed E-state index contributed by atoms with van der Waals surface area (Å²) in [6, 6.07) is 10.8. The fraction of sp³-hybridized carbons (Fsp3) is 0.571. The van der Waals surface area contributed by atoms with E-state index in [2.05, 4.69) is 63.1 Å². The second-order valence-electron chi connectivity index (χ2n) is 4.87. The molecule has 1 aliphatic rings. The normalized spacial score (nSPS) is 20.4. The van der Waals surface area contributed by atoms with Crippen molar-refractivity contribution < 1.29 is 0 Å². The highest BCUT2D eigenvalue weighted by atomic mass is 79.9. The van der Waals surface area contributed by atoms with Gasteiger partial charge in [0.1, 0.15) is 0 Å². The van der Waals surface area contributed by atoms with E-state index in [0.717, 1.165) is 5.33 Å². The Hall–Kier alpha value is -0.380. The van der Waals surface area contributed by atoms with Crippen molar-refractivity contribution in [2.75, 3.05) is 45.1 Å². The van der Waals surface area contributed by atoms with E-state index in [1.54, 1.807) is 0 Å². The van der Waals surface area contributed by atoms with Crippen LogP contribution in [0.3, 0.4) is 0 Å². The van der Waals surface area contributed by atoms with Crippen molar-refractivity contribution in [1.29, 1.82) is 0 Å². The number of rotatable bonds is 4. The molecule has 0 radical (unpaired) electrons. The average Bonchev–Trinajstić information content (AvgIpc) is 2.39. The first-order valence-corrected chi connectivity index (χ1v) is 7.43. The van der Waals surface area contributed by atoms with Gasteiger partial charge in [0.25, 0.3) is 0 Å². The molecule has 1 heterocycles. The molecule has 0 N–H and O–H groups in total. The maximum atomic E-state index is 3.65. The maximum absolute atomic E-state index is 3.65. The molecule has 1 unspecified atom stereocenters. The molecule has 0 saturated carbocycles. The number of piperazine rings is 1. The van der Waals surface area contributed by atoms with Gasteiger partial charge in [0.2, 0.25) is 0 Å². The lowest BCUT2D eigenvalue weighted by Gasteiger charge is -2.34. The Morgan fingerprint density at radius 1 is 1.12 bits per heavy atom. The minimum absolute atomic E-state index is 0.611. The Bertz CT molecular complexity index is 320. The summed E-state index contributed by atoms with van der Waals surface area (Å²) in [5.41, 5.74) is 1.45. The van der Waals surface area contributed by atoms with Gasteiger partial charge in [0, 0.05) is 44.0 Å². The van der Waals surface area contributed by atoms with Gasteiger partial charge in [-0.2, -0.15) is 0 Å². The number of hydrogen-bond acceptors (Lipinski definition) is 2. The number of likely N-dealkylation sites (N-methyl/N-ethyl adjacent to an activating group) is 1. The summed E-state index contributed by atoms with van der Waals surface area (Å²) < 4.78 is 0. The Morgan fingerprint density at radius 3 is 2.35 bits per heavy atom. The van der Waals surface area contributed by atoms with Crippen molar-refractivity contribution in [3.05, 3.63) is 35.9 Å². The molecule has 0 bridgehead atoms. The first kappa shape index (κ1) is 13.1. The van der Waals surface area contributed by atoms with Gasteiger partial charge in [-0.1, -0.05) is 46.3 Å². The highest BCUT2D eigenvalue weighted by molar-refractivity contribution is 9.09. The monoisotopic (exact) mass is 296 g/mol. The molecule has 94 valence electrons. The van der Waals surface area contributed by atoms with Gasteiger partial charge in [-0.15, -0.1) is 0 Å². The largest absolute Gasteiger partial charge is 0.304 e. The number of benzene rings is 1. The van der Waals surface area contributed by atoms with Gasteiger partial charge < -0.3 is 9.80 Å². The fourth-order valence-electron chi connectivity index (χ4n) is 2.31. The van der Waals surface area contributed by atoms with E-state index < -0.39 is 0 Å². The minimum Gasteiger partial charge on any atom is -0.304 e. The van der Waals surface area contributed by atoms with E-state index in [1.165, 1.54) is 38.3 Å². The predicted molar refractivity (Wildman–Crippen MR) is 76.9 cm³/mol. The number of halogens is 1. The van der Waals surface area contributed by atoms with Crippen molar-refractivity contribution in [3.8, 4) is 0 Å². The second-order valence-corrected chi connectivity index (χ2v) is 5.51. The molecule has 1 aromatic carbocycles. The second kappa shape index (κ2) is 6.53. The lowest BCUT2D eigenvalue weighted by molar-refractivity contribution is 0.149. The summed E-state index contributed by atoms with van der Waals surface area (Å²) in [5, 5.41) is 1.04. The highest BCUT2D eigenvalue weighted by Crippen LogP contribution is 2.19. The summed E-state index contributed by atoms with van der Waals surface area (Å²) in [6.45, 7) is 5.97. The zero-order valence-corrected chi connectivity index (χ0v) is 12.1. The molecule has 1 aliphatic heterocycles. The molecule has 3 heteroatoms. The molecule has 0 spiro atoms. The number of nitrogens with zero attached hydrogens (tertiary/aromatic N) is 2. The van der Waals surface area contributed by atoms with Gasteiger partial charge in [0.05, 0.1) is 0 Å². The topological polar surface area (TPSA) is 6.48 Å². The third-order valence-corrected chi connectivity index (χ3v) is 4.31. The zero-order chi connectivity index (χ0) is 12.1. The zero-order valence-electron chi connectivity index (χ0n) is 10.5. The van der Waals surface area contributed by atoms with Crippen LogP contribution in [0, 0.1) is 0 Å². The lowest BCUT2D eigenvalue weighted by atomic mass is 10.0. The van der Waals surface area contributed by atoms with E-state index in [-0.39, 0.29) is 0 Å². The standard InChI is InChI=1S/C14H21BrN2/c1-16-7-9-17(10-8-16)12-14(11-15)13-5-3-2-4-6-13/h2-6,14H,7-12H2,1H3.